The zero-order valence-corrected chi connectivity index (χ0v) is 19.7. The van der Waals surface area contributed by atoms with E-state index in [9.17, 15) is 9.59 Å². The minimum atomic E-state index is -0.284. The Morgan fingerprint density at radius 1 is 0.710 bits per heavy atom. The Morgan fingerprint density at radius 2 is 1.13 bits per heavy atom. The Labute approximate surface area is 187 Å². The summed E-state index contributed by atoms with van der Waals surface area (Å²) < 4.78 is 0. The molecule has 0 bridgehead atoms. The molecule has 2 aromatic heterocycles. The lowest BCUT2D eigenvalue weighted by Gasteiger charge is -2.32. The molecule has 6 nitrogen and oxygen atoms in total. The van der Waals surface area contributed by atoms with Crippen molar-refractivity contribution in [1.82, 2.24) is 20.6 Å². The van der Waals surface area contributed by atoms with Gasteiger partial charge in [0.25, 0.3) is 11.8 Å². The molecule has 0 unspecified atom stereocenters. The molecule has 0 fully saturated rings. The van der Waals surface area contributed by atoms with Gasteiger partial charge in [0, 0.05) is 24.5 Å². The summed E-state index contributed by atoms with van der Waals surface area (Å²) in [4.78, 5) is 31.8. The van der Waals surface area contributed by atoms with Gasteiger partial charge in [-0.1, -0.05) is 53.4 Å². The number of H-pyrrole nitrogens is 2. The van der Waals surface area contributed by atoms with Crippen molar-refractivity contribution in [3.05, 3.63) is 47.0 Å². The van der Waals surface area contributed by atoms with E-state index in [0.29, 0.717) is 24.5 Å². The number of amides is 2. The molecule has 2 amide bonds. The van der Waals surface area contributed by atoms with Crippen LogP contribution in [0.1, 0.15) is 111 Å². The molecule has 31 heavy (non-hydrogen) atoms. The van der Waals surface area contributed by atoms with E-state index in [1.54, 1.807) is 0 Å². The average molecular weight is 429 g/mol. The number of carbonyl (C=O) groups excluding carboxylic acids is 2. The summed E-state index contributed by atoms with van der Waals surface area (Å²) in [5, 5.41) is 5.96. The summed E-state index contributed by atoms with van der Waals surface area (Å²) in [5.41, 5.74) is 2.94. The van der Waals surface area contributed by atoms with Crippen LogP contribution in [0.2, 0.25) is 0 Å². The van der Waals surface area contributed by atoms with Crippen LogP contribution in [-0.4, -0.2) is 34.9 Å². The first kappa shape index (κ1) is 24.8. The maximum atomic E-state index is 12.5. The van der Waals surface area contributed by atoms with Crippen LogP contribution < -0.4 is 10.6 Å². The molecule has 0 radical (unpaired) electrons. The summed E-state index contributed by atoms with van der Waals surface area (Å²) in [6, 6.07) is 7.81. The number of aromatic nitrogens is 2. The first-order chi connectivity index (χ1) is 15.0. The quantitative estimate of drug-likeness (QED) is 0.308. The first-order valence-electron chi connectivity index (χ1n) is 12.0. The molecular formula is C25H40N4O2. The van der Waals surface area contributed by atoms with Crippen LogP contribution in [0.15, 0.2) is 24.3 Å². The van der Waals surface area contributed by atoms with Crippen LogP contribution in [0.5, 0.6) is 0 Å². The van der Waals surface area contributed by atoms with Gasteiger partial charge in [-0.3, -0.25) is 9.59 Å². The summed E-state index contributed by atoms with van der Waals surface area (Å²) in [7, 11) is 0. The van der Waals surface area contributed by atoms with E-state index in [1.807, 2.05) is 24.3 Å². The normalized spacial score (nSPS) is 11.5. The van der Waals surface area contributed by atoms with Gasteiger partial charge in [0.15, 0.2) is 0 Å². The lowest BCUT2D eigenvalue weighted by atomic mass is 9.74. The molecule has 0 atom stereocenters. The van der Waals surface area contributed by atoms with Gasteiger partial charge < -0.3 is 20.6 Å². The second-order valence-electron chi connectivity index (χ2n) is 8.37. The monoisotopic (exact) mass is 428 g/mol. The van der Waals surface area contributed by atoms with E-state index < -0.39 is 0 Å². The second kappa shape index (κ2) is 12.4. The van der Waals surface area contributed by atoms with Gasteiger partial charge >= 0.3 is 0 Å². The van der Waals surface area contributed by atoms with Crippen LogP contribution in [0.25, 0.3) is 0 Å². The first-order valence-corrected chi connectivity index (χ1v) is 12.0. The third kappa shape index (κ3) is 6.25. The van der Waals surface area contributed by atoms with Crippen molar-refractivity contribution >= 4 is 11.8 Å². The van der Waals surface area contributed by atoms with Gasteiger partial charge in [-0.25, -0.2) is 0 Å². The SMILES string of the molecule is CCCCNC(=O)c1ccc(C(CCC)(CCC)c2ccc(C(=O)NCCCC)[nH]2)[nH]1. The second-order valence-corrected chi connectivity index (χ2v) is 8.37. The Morgan fingerprint density at radius 3 is 1.48 bits per heavy atom. The summed E-state index contributed by atoms with van der Waals surface area (Å²) in [5.74, 6) is -0.131. The van der Waals surface area contributed by atoms with Crippen molar-refractivity contribution in [2.75, 3.05) is 13.1 Å². The fourth-order valence-corrected chi connectivity index (χ4v) is 4.22. The van der Waals surface area contributed by atoms with Crippen molar-refractivity contribution in [3.8, 4) is 0 Å². The van der Waals surface area contributed by atoms with Crippen molar-refractivity contribution in [1.29, 1.82) is 0 Å². The van der Waals surface area contributed by atoms with Crippen molar-refractivity contribution < 1.29 is 9.59 Å². The fraction of sp³-hybridized carbons (Fsp3) is 0.600. The maximum Gasteiger partial charge on any atom is 0.267 e. The molecular weight excluding hydrogens is 388 g/mol. The molecule has 6 heteroatoms. The highest BCUT2D eigenvalue weighted by molar-refractivity contribution is 5.93. The van der Waals surface area contributed by atoms with E-state index in [-0.39, 0.29) is 17.2 Å². The highest BCUT2D eigenvalue weighted by Crippen LogP contribution is 2.40. The Bertz CT molecular complexity index is 753. The van der Waals surface area contributed by atoms with Gasteiger partial charge in [0.1, 0.15) is 11.4 Å². The third-order valence-electron chi connectivity index (χ3n) is 5.88. The number of hydrogen-bond donors (Lipinski definition) is 4. The van der Waals surface area contributed by atoms with Gasteiger partial charge in [-0.2, -0.15) is 0 Å². The zero-order valence-electron chi connectivity index (χ0n) is 19.7. The Balaban J connectivity index is 2.31. The lowest BCUT2D eigenvalue weighted by molar-refractivity contribution is 0.0940. The number of carbonyl (C=O) groups is 2. The molecule has 2 aromatic rings. The van der Waals surface area contributed by atoms with Gasteiger partial charge in [-0.15, -0.1) is 0 Å². The lowest BCUT2D eigenvalue weighted by Crippen LogP contribution is -2.30. The molecule has 172 valence electrons. The summed E-state index contributed by atoms with van der Waals surface area (Å²) in [6.45, 7) is 9.94. The van der Waals surface area contributed by atoms with Gasteiger partial charge in [0.2, 0.25) is 0 Å². The number of aromatic amines is 2. The van der Waals surface area contributed by atoms with E-state index in [1.165, 1.54) is 0 Å². The molecule has 0 aliphatic rings. The molecule has 2 heterocycles. The van der Waals surface area contributed by atoms with Crippen LogP contribution in [0.3, 0.4) is 0 Å². The van der Waals surface area contributed by atoms with Crippen LogP contribution in [0.4, 0.5) is 0 Å². The smallest absolute Gasteiger partial charge is 0.267 e. The van der Waals surface area contributed by atoms with Crippen LogP contribution >= 0.6 is 0 Å². The molecule has 4 N–H and O–H groups in total. The topological polar surface area (TPSA) is 89.8 Å². The predicted molar refractivity (Wildman–Crippen MR) is 127 cm³/mol. The van der Waals surface area contributed by atoms with E-state index in [4.69, 9.17) is 0 Å². The van der Waals surface area contributed by atoms with Gasteiger partial charge in [-0.05, 0) is 49.9 Å². The molecule has 2 rings (SSSR count). The number of hydrogen-bond acceptors (Lipinski definition) is 2. The zero-order chi connectivity index (χ0) is 22.7. The van der Waals surface area contributed by atoms with Crippen LogP contribution in [-0.2, 0) is 5.41 Å². The van der Waals surface area contributed by atoms with Crippen molar-refractivity contribution in [2.45, 2.75) is 84.5 Å². The number of rotatable bonds is 14. The summed E-state index contributed by atoms with van der Waals surface area (Å²) in [6.07, 6.45) is 7.88. The van der Waals surface area contributed by atoms with Crippen molar-refractivity contribution in [2.24, 2.45) is 0 Å². The Hall–Kier alpha value is -2.50. The number of nitrogens with one attached hydrogen (secondary N) is 4. The highest BCUT2D eigenvalue weighted by Gasteiger charge is 2.36. The summed E-state index contributed by atoms with van der Waals surface area (Å²) >= 11 is 0. The molecule has 0 aliphatic heterocycles. The minimum Gasteiger partial charge on any atom is -0.354 e. The average Bonchev–Trinajstić information content (AvgIpc) is 3.44. The molecule has 0 saturated heterocycles. The standard InChI is InChI=1S/C25H40N4O2/c1-5-9-17-26-23(30)19-11-13-21(28-19)25(15-7-3,16-8-4)22-14-12-20(29-22)24(31)27-18-10-6-2/h11-14,28-29H,5-10,15-18H2,1-4H3,(H,26,30)(H,27,31). The van der Waals surface area contributed by atoms with E-state index in [2.05, 4.69) is 48.3 Å². The molecule has 0 saturated carbocycles. The van der Waals surface area contributed by atoms with Crippen molar-refractivity contribution in [3.63, 3.8) is 0 Å². The number of unbranched alkanes of at least 4 members (excludes halogenated alkanes) is 2. The molecule has 0 aliphatic carbocycles. The highest BCUT2D eigenvalue weighted by atomic mass is 16.2. The predicted octanol–water partition coefficient (Wildman–Crippen LogP) is 5.29. The van der Waals surface area contributed by atoms with E-state index in [0.717, 1.165) is 62.8 Å². The fourth-order valence-electron chi connectivity index (χ4n) is 4.22. The van der Waals surface area contributed by atoms with Gasteiger partial charge in [0.05, 0.1) is 5.41 Å². The third-order valence-corrected chi connectivity index (χ3v) is 5.88. The van der Waals surface area contributed by atoms with E-state index >= 15 is 0 Å². The maximum absolute atomic E-state index is 12.5. The Kier molecular flexibility index (Phi) is 9.89. The largest absolute Gasteiger partial charge is 0.354 e. The van der Waals surface area contributed by atoms with Crippen LogP contribution in [0, 0.1) is 0 Å². The molecule has 0 spiro atoms. The minimum absolute atomic E-state index is 0.0657. The molecule has 0 aromatic carbocycles.